The molecule has 2 aliphatic rings. The Balaban J connectivity index is 0.00000312. The van der Waals surface area contributed by atoms with Crippen molar-refractivity contribution in [3.05, 3.63) is 0 Å². The summed E-state index contributed by atoms with van der Waals surface area (Å²) in [4.78, 5) is 18.8. The highest BCUT2D eigenvalue weighted by atomic mass is 127. The number of guanidine groups is 1. The van der Waals surface area contributed by atoms with Gasteiger partial charge in [0.05, 0.1) is 0 Å². The Bertz CT molecular complexity index is 427. The van der Waals surface area contributed by atoms with Gasteiger partial charge in [-0.1, -0.05) is 6.42 Å². The SMILES string of the molecule is CCNC(=NCC1CCSCC1)NC1CCCC(C(=O)N(C)C)C1.I. The number of nitrogens with one attached hydrogen (secondary N) is 2. The molecule has 0 aromatic rings. The number of rotatable bonds is 5. The molecule has 5 nitrogen and oxygen atoms in total. The Kier molecular flexibility index (Phi) is 11.2. The fourth-order valence-corrected chi connectivity index (χ4v) is 4.78. The van der Waals surface area contributed by atoms with Gasteiger partial charge in [0.2, 0.25) is 5.91 Å². The first kappa shape index (κ1) is 22.9. The number of carbonyl (C=O) groups excluding carboxylic acids is 1. The Morgan fingerprint density at radius 3 is 2.56 bits per heavy atom. The zero-order valence-electron chi connectivity index (χ0n) is 15.9. The highest BCUT2D eigenvalue weighted by molar-refractivity contribution is 14.0. The quantitative estimate of drug-likeness (QED) is 0.360. The molecule has 1 saturated heterocycles. The standard InChI is InChI=1S/C18H34N4OS.HI/c1-4-19-18(20-13-14-8-10-24-11-9-14)21-16-7-5-6-15(12-16)17(23)22(2)3;/h14-16H,4-13H2,1-3H3,(H2,19,20,21);1H. The van der Waals surface area contributed by atoms with Gasteiger partial charge >= 0.3 is 0 Å². The molecule has 1 heterocycles. The van der Waals surface area contributed by atoms with E-state index in [0.717, 1.165) is 50.7 Å². The molecule has 0 radical (unpaired) electrons. The Hall–Kier alpha value is -0.180. The molecule has 1 amide bonds. The molecule has 2 unspecified atom stereocenters. The Morgan fingerprint density at radius 1 is 1.20 bits per heavy atom. The number of carbonyl (C=O) groups is 1. The molecule has 0 aromatic heterocycles. The van der Waals surface area contributed by atoms with Crippen LogP contribution in [0.3, 0.4) is 0 Å². The van der Waals surface area contributed by atoms with E-state index in [-0.39, 0.29) is 35.8 Å². The van der Waals surface area contributed by atoms with E-state index in [1.54, 1.807) is 4.90 Å². The van der Waals surface area contributed by atoms with Crippen LogP contribution in [0.2, 0.25) is 0 Å². The number of halogens is 1. The summed E-state index contributed by atoms with van der Waals surface area (Å²) < 4.78 is 0. The number of amides is 1. The second-order valence-electron chi connectivity index (χ2n) is 7.21. The first-order valence-corrected chi connectivity index (χ1v) is 10.6. The van der Waals surface area contributed by atoms with Gasteiger partial charge in [-0.15, -0.1) is 24.0 Å². The topological polar surface area (TPSA) is 56.7 Å². The summed E-state index contributed by atoms with van der Waals surface area (Å²) in [6.45, 7) is 3.90. The molecule has 0 spiro atoms. The van der Waals surface area contributed by atoms with E-state index >= 15 is 0 Å². The zero-order valence-corrected chi connectivity index (χ0v) is 19.1. The van der Waals surface area contributed by atoms with E-state index in [0.29, 0.717) is 6.04 Å². The van der Waals surface area contributed by atoms with Crippen molar-refractivity contribution in [3.8, 4) is 0 Å². The monoisotopic (exact) mass is 482 g/mol. The minimum Gasteiger partial charge on any atom is -0.357 e. The van der Waals surface area contributed by atoms with E-state index < -0.39 is 0 Å². The summed E-state index contributed by atoms with van der Waals surface area (Å²) in [6, 6.07) is 0.354. The molecule has 0 aromatic carbocycles. The molecule has 1 aliphatic heterocycles. The van der Waals surface area contributed by atoms with Crippen LogP contribution in [-0.2, 0) is 4.79 Å². The van der Waals surface area contributed by atoms with Crippen LogP contribution >= 0.6 is 35.7 Å². The van der Waals surface area contributed by atoms with Crippen LogP contribution in [-0.4, -0.2) is 61.5 Å². The molecular formula is C18H35IN4OS. The van der Waals surface area contributed by atoms with Crippen LogP contribution in [0.15, 0.2) is 4.99 Å². The number of hydrogen-bond donors (Lipinski definition) is 2. The van der Waals surface area contributed by atoms with Gasteiger partial charge in [0.15, 0.2) is 5.96 Å². The molecule has 2 N–H and O–H groups in total. The fourth-order valence-electron chi connectivity index (χ4n) is 3.57. The van der Waals surface area contributed by atoms with Gasteiger partial charge in [-0.05, 0) is 56.5 Å². The van der Waals surface area contributed by atoms with Crippen molar-refractivity contribution in [1.29, 1.82) is 0 Å². The highest BCUT2D eigenvalue weighted by Gasteiger charge is 2.28. The maximum absolute atomic E-state index is 12.2. The normalized spacial score (nSPS) is 25.0. The van der Waals surface area contributed by atoms with Gasteiger partial charge in [0, 0.05) is 39.1 Å². The maximum atomic E-state index is 12.2. The van der Waals surface area contributed by atoms with E-state index in [1.807, 2.05) is 14.1 Å². The van der Waals surface area contributed by atoms with Crippen molar-refractivity contribution in [3.63, 3.8) is 0 Å². The molecule has 7 heteroatoms. The maximum Gasteiger partial charge on any atom is 0.225 e. The van der Waals surface area contributed by atoms with Crippen LogP contribution < -0.4 is 10.6 Å². The minimum absolute atomic E-state index is 0. The lowest BCUT2D eigenvalue weighted by molar-refractivity contribution is -0.134. The van der Waals surface area contributed by atoms with Crippen molar-refractivity contribution in [1.82, 2.24) is 15.5 Å². The van der Waals surface area contributed by atoms with Crippen LogP contribution in [0.1, 0.15) is 45.4 Å². The molecule has 2 rings (SSSR count). The molecule has 25 heavy (non-hydrogen) atoms. The summed E-state index contributed by atoms with van der Waals surface area (Å²) in [5.74, 6) is 4.64. The third-order valence-electron chi connectivity index (χ3n) is 5.00. The molecule has 2 fully saturated rings. The van der Waals surface area contributed by atoms with E-state index in [4.69, 9.17) is 4.99 Å². The van der Waals surface area contributed by atoms with E-state index in [9.17, 15) is 4.79 Å². The van der Waals surface area contributed by atoms with E-state index in [1.165, 1.54) is 24.3 Å². The minimum atomic E-state index is 0. The molecule has 146 valence electrons. The third-order valence-corrected chi connectivity index (χ3v) is 6.05. The molecule has 1 aliphatic carbocycles. The lowest BCUT2D eigenvalue weighted by atomic mass is 9.85. The number of aliphatic imine (C=N–C) groups is 1. The summed E-state index contributed by atoms with van der Waals surface area (Å²) in [7, 11) is 3.71. The van der Waals surface area contributed by atoms with Crippen molar-refractivity contribution < 1.29 is 4.79 Å². The number of thioether (sulfide) groups is 1. The van der Waals surface area contributed by atoms with Gasteiger partial charge < -0.3 is 15.5 Å². The van der Waals surface area contributed by atoms with Crippen LogP contribution in [0.4, 0.5) is 0 Å². The van der Waals surface area contributed by atoms with Crippen LogP contribution in [0.5, 0.6) is 0 Å². The van der Waals surface area contributed by atoms with Crippen molar-refractivity contribution in [2.75, 3.05) is 38.7 Å². The second-order valence-corrected chi connectivity index (χ2v) is 8.44. The van der Waals surface area contributed by atoms with Gasteiger partial charge in [-0.25, -0.2) is 0 Å². The predicted molar refractivity (Wildman–Crippen MR) is 119 cm³/mol. The van der Waals surface area contributed by atoms with Gasteiger partial charge in [0.1, 0.15) is 0 Å². The second kappa shape index (κ2) is 12.3. The van der Waals surface area contributed by atoms with Crippen molar-refractivity contribution >= 4 is 47.6 Å². The lowest BCUT2D eigenvalue weighted by Crippen LogP contribution is -2.47. The largest absolute Gasteiger partial charge is 0.357 e. The first-order chi connectivity index (χ1) is 11.6. The van der Waals surface area contributed by atoms with Crippen LogP contribution in [0, 0.1) is 11.8 Å². The average Bonchev–Trinajstić information content (AvgIpc) is 2.60. The first-order valence-electron chi connectivity index (χ1n) is 9.44. The Morgan fingerprint density at radius 2 is 1.92 bits per heavy atom. The summed E-state index contributed by atoms with van der Waals surface area (Å²) in [5, 5.41) is 6.96. The number of nitrogens with zero attached hydrogens (tertiary/aromatic N) is 2. The lowest BCUT2D eigenvalue weighted by Gasteiger charge is -2.31. The zero-order chi connectivity index (χ0) is 17.4. The third kappa shape index (κ3) is 7.93. The summed E-state index contributed by atoms with van der Waals surface area (Å²) in [5.41, 5.74) is 0. The summed E-state index contributed by atoms with van der Waals surface area (Å²) >= 11 is 2.06. The molecule has 1 saturated carbocycles. The van der Waals surface area contributed by atoms with Crippen molar-refractivity contribution in [2.45, 2.75) is 51.5 Å². The number of hydrogen-bond acceptors (Lipinski definition) is 3. The molecule has 0 bridgehead atoms. The van der Waals surface area contributed by atoms with E-state index in [2.05, 4.69) is 29.3 Å². The highest BCUT2D eigenvalue weighted by Crippen LogP contribution is 2.26. The smallest absolute Gasteiger partial charge is 0.225 e. The van der Waals surface area contributed by atoms with Gasteiger partial charge in [0.25, 0.3) is 0 Å². The average molecular weight is 482 g/mol. The predicted octanol–water partition coefficient (Wildman–Crippen LogP) is 2.95. The fraction of sp³-hybridized carbons (Fsp3) is 0.889. The van der Waals surface area contributed by atoms with Crippen LogP contribution in [0.25, 0.3) is 0 Å². The van der Waals surface area contributed by atoms with Gasteiger partial charge in [-0.3, -0.25) is 9.79 Å². The molecule has 2 atom stereocenters. The molecular weight excluding hydrogens is 447 g/mol. The van der Waals surface area contributed by atoms with Gasteiger partial charge in [-0.2, -0.15) is 11.8 Å². The Labute approximate surface area is 174 Å². The van der Waals surface area contributed by atoms with Crippen molar-refractivity contribution in [2.24, 2.45) is 16.8 Å². The summed E-state index contributed by atoms with van der Waals surface area (Å²) in [6.07, 6.45) is 6.75.